The maximum atomic E-state index is 13.5. The summed E-state index contributed by atoms with van der Waals surface area (Å²) < 4.78 is 1.72. The Morgan fingerprint density at radius 3 is 2.69 bits per heavy atom. The summed E-state index contributed by atoms with van der Waals surface area (Å²) in [5.74, 6) is 0.422. The number of nitrogens with one attached hydrogen (secondary N) is 1. The Hall–Kier alpha value is -3.00. The zero-order valence-electron chi connectivity index (χ0n) is 18.5. The van der Waals surface area contributed by atoms with Crippen molar-refractivity contribution in [2.75, 3.05) is 13.1 Å². The highest BCUT2D eigenvalue weighted by Gasteiger charge is 2.35. The molecule has 1 aliphatic rings. The Labute approximate surface area is 192 Å². The van der Waals surface area contributed by atoms with Crippen LogP contribution in [0.2, 0.25) is 0 Å². The number of piperidine rings is 1. The Morgan fingerprint density at radius 1 is 1.16 bits per heavy atom. The van der Waals surface area contributed by atoms with E-state index in [1.807, 2.05) is 54.8 Å². The highest BCUT2D eigenvalue weighted by molar-refractivity contribution is 7.13. The summed E-state index contributed by atoms with van der Waals surface area (Å²) in [6.45, 7) is 5.20. The number of thiophene rings is 1. The molecule has 1 N–H and O–H groups in total. The van der Waals surface area contributed by atoms with Crippen molar-refractivity contribution in [3.8, 4) is 16.4 Å². The number of rotatable bonds is 7. The molecule has 3 aromatic rings. The standard InChI is InChI=1S/C24H29N5O2S/c1-3-4-14-25-23(30)18-13-12-17(2)28(16-18)24(31)21-26-22(20-11-8-15-32-20)29(27-21)19-9-6-5-7-10-19/h5-11,15,17-18H,3-4,12-14,16H2,1-2H3,(H,25,30). The first-order valence-electron chi connectivity index (χ1n) is 11.2. The molecular formula is C24H29N5O2S. The Morgan fingerprint density at radius 2 is 1.97 bits per heavy atom. The molecule has 0 spiro atoms. The molecule has 1 aliphatic heterocycles. The number of aromatic nitrogens is 3. The minimum absolute atomic E-state index is 0.0326. The minimum Gasteiger partial charge on any atom is -0.356 e. The zero-order chi connectivity index (χ0) is 22.5. The van der Waals surface area contributed by atoms with E-state index in [4.69, 9.17) is 0 Å². The summed E-state index contributed by atoms with van der Waals surface area (Å²) in [4.78, 5) is 33.4. The van der Waals surface area contributed by atoms with Crippen LogP contribution < -0.4 is 5.32 Å². The van der Waals surface area contributed by atoms with Crippen molar-refractivity contribution in [2.45, 2.75) is 45.6 Å². The molecule has 2 aromatic heterocycles. The fraction of sp³-hybridized carbons (Fsp3) is 0.417. The molecule has 2 atom stereocenters. The highest BCUT2D eigenvalue weighted by Crippen LogP contribution is 2.28. The average Bonchev–Trinajstić information content (AvgIpc) is 3.50. The van der Waals surface area contributed by atoms with E-state index in [-0.39, 0.29) is 29.6 Å². The normalized spacial score (nSPS) is 18.5. The van der Waals surface area contributed by atoms with Gasteiger partial charge in [-0.15, -0.1) is 16.4 Å². The van der Waals surface area contributed by atoms with Crippen LogP contribution in [0.5, 0.6) is 0 Å². The first kappa shape index (κ1) is 22.2. The lowest BCUT2D eigenvalue weighted by atomic mass is 9.92. The molecule has 2 amide bonds. The molecule has 3 heterocycles. The summed E-state index contributed by atoms with van der Waals surface area (Å²) in [5.41, 5.74) is 0.849. The molecule has 1 fully saturated rings. The van der Waals surface area contributed by atoms with Crippen LogP contribution in [0.15, 0.2) is 47.8 Å². The summed E-state index contributed by atoms with van der Waals surface area (Å²) in [7, 11) is 0. The smallest absolute Gasteiger partial charge is 0.293 e. The van der Waals surface area contributed by atoms with Gasteiger partial charge in [0.1, 0.15) is 0 Å². The van der Waals surface area contributed by atoms with Crippen molar-refractivity contribution in [1.82, 2.24) is 25.0 Å². The first-order valence-corrected chi connectivity index (χ1v) is 12.1. The van der Waals surface area contributed by atoms with Gasteiger partial charge in [-0.25, -0.2) is 9.67 Å². The molecule has 7 nitrogen and oxygen atoms in total. The number of carbonyl (C=O) groups is 2. The maximum absolute atomic E-state index is 13.5. The van der Waals surface area contributed by atoms with E-state index in [2.05, 4.69) is 22.3 Å². The third kappa shape index (κ3) is 4.75. The maximum Gasteiger partial charge on any atom is 0.293 e. The van der Waals surface area contributed by atoms with Crippen molar-refractivity contribution < 1.29 is 9.59 Å². The molecule has 1 saturated heterocycles. The van der Waals surface area contributed by atoms with E-state index in [0.29, 0.717) is 18.9 Å². The number of carbonyl (C=O) groups excluding carboxylic acids is 2. The highest BCUT2D eigenvalue weighted by atomic mass is 32.1. The van der Waals surface area contributed by atoms with Crippen molar-refractivity contribution >= 4 is 23.2 Å². The number of benzene rings is 1. The van der Waals surface area contributed by atoms with E-state index in [0.717, 1.165) is 36.2 Å². The largest absolute Gasteiger partial charge is 0.356 e. The van der Waals surface area contributed by atoms with Crippen LogP contribution in [0.25, 0.3) is 16.4 Å². The monoisotopic (exact) mass is 451 g/mol. The molecule has 1 aromatic carbocycles. The van der Waals surface area contributed by atoms with Gasteiger partial charge < -0.3 is 10.2 Å². The van der Waals surface area contributed by atoms with E-state index >= 15 is 0 Å². The van der Waals surface area contributed by atoms with Crippen LogP contribution in [-0.4, -0.2) is 50.6 Å². The van der Waals surface area contributed by atoms with E-state index in [9.17, 15) is 9.59 Å². The summed E-state index contributed by atoms with van der Waals surface area (Å²) in [6, 6.07) is 13.7. The first-order chi connectivity index (χ1) is 15.6. The van der Waals surface area contributed by atoms with Crippen LogP contribution in [0.3, 0.4) is 0 Å². The lowest BCUT2D eigenvalue weighted by Gasteiger charge is -2.36. The Balaban J connectivity index is 1.59. The third-order valence-electron chi connectivity index (χ3n) is 5.88. The van der Waals surface area contributed by atoms with E-state index in [1.54, 1.807) is 20.9 Å². The van der Waals surface area contributed by atoms with Gasteiger partial charge in [0.2, 0.25) is 11.7 Å². The second kappa shape index (κ2) is 10.1. The van der Waals surface area contributed by atoms with Crippen molar-refractivity contribution in [1.29, 1.82) is 0 Å². The molecule has 4 rings (SSSR count). The number of unbranched alkanes of at least 4 members (excludes halogenated alkanes) is 1. The van der Waals surface area contributed by atoms with Gasteiger partial charge in [-0.05, 0) is 49.8 Å². The van der Waals surface area contributed by atoms with Gasteiger partial charge in [0.15, 0.2) is 5.82 Å². The number of nitrogens with zero attached hydrogens (tertiary/aromatic N) is 4. The second-order valence-electron chi connectivity index (χ2n) is 8.21. The van der Waals surface area contributed by atoms with Crippen molar-refractivity contribution in [3.63, 3.8) is 0 Å². The van der Waals surface area contributed by atoms with Crippen LogP contribution in [0, 0.1) is 5.92 Å². The van der Waals surface area contributed by atoms with Crippen LogP contribution in [0.4, 0.5) is 0 Å². The summed E-state index contributed by atoms with van der Waals surface area (Å²) >= 11 is 1.56. The molecule has 2 unspecified atom stereocenters. The number of likely N-dealkylation sites (tertiary alicyclic amines) is 1. The number of para-hydroxylation sites is 1. The van der Waals surface area contributed by atoms with Gasteiger partial charge in [0, 0.05) is 19.1 Å². The third-order valence-corrected chi connectivity index (χ3v) is 6.75. The second-order valence-corrected chi connectivity index (χ2v) is 9.16. The number of hydrogen-bond acceptors (Lipinski definition) is 5. The lowest BCUT2D eigenvalue weighted by molar-refractivity contribution is -0.126. The van der Waals surface area contributed by atoms with Crippen molar-refractivity contribution in [2.24, 2.45) is 5.92 Å². The van der Waals surface area contributed by atoms with Crippen molar-refractivity contribution in [3.05, 3.63) is 53.7 Å². The predicted octanol–water partition coefficient (Wildman–Crippen LogP) is 4.15. The van der Waals surface area contributed by atoms with Crippen LogP contribution in [0.1, 0.15) is 50.1 Å². The van der Waals surface area contributed by atoms with Crippen LogP contribution >= 0.6 is 11.3 Å². The van der Waals surface area contributed by atoms with Gasteiger partial charge >= 0.3 is 0 Å². The summed E-state index contributed by atoms with van der Waals surface area (Å²) in [5, 5.41) is 9.59. The average molecular weight is 452 g/mol. The SMILES string of the molecule is CCCCNC(=O)C1CCC(C)N(C(=O)c2nc(-c3cccs3)n(-c3ccccc3)n2)C1. The summed E-state index contributed by atoms with van der Waals surface area (Å²) in [6.07, 6.45) is 3.57. The number of hydrogen-bond donors (Lipinski definition) is 1. The quantitative estimate of drug-likeness (QED) is 0.547. The molecule has 8 heteroatoms. The molecule has 168 valence electrons. The number of amides is 2. The fourth-order valence-corrected chi connectivity index (χ4v) is 4.68. The molecule has 0 bridgehead atoms. The molecule has 0 aliphatic carbocycles. The van der Waals surface area contributed by atoms with Gasteiger partial charge in [-0.1, -0.05) is 37.6 Å². The molecule has 0 saturated carbocycles. The topological polar surface area (TPSA) is 80.1 Å². The zero-order valence-corrected chi connectivity index (χ0v) is 19.3. The van der Waals surface area contributed by atoms with E-state index < -0.39 is 0 Å². The van der Waals surface area contributed by atoms with Gasteiger partial charge in [-0.2, -0.15) is 0 Å². The van der Waals surface area contributed by atoms with Crippen LogP contribution in [-0.2, 0) is 4.79 Å². The molecule has 0 radical (unpaired) electrons. The van der Waals surface area contributed by atoms with Gasteiger partial charge in [-0.3, -0.25) is 9.59 Å². The molecule has 32 heavy (non-hydrogen) atoms. The fourth-order valence-electron chi connectivity index (χ4n) is 3.98. The van der Waals surface area contributed by atoms with E-state index in [1.165, 1.54) is 0 Å². The lowest BCUT2D eigenvalue weighted by Crippen LogP contribution is -2.49. The predicted molar refractivity (Wildman–Crippen MR) is 126 cm³/mol. The minimum atomic E-state index is -0.226. The molecular weight excluding hydrogens is 422 g/mol. The Kier molecular flexibility index (Phi) is 6.99. The van der Waals surface area contributed by atoms with Gasteiger partial charge in [0.25, 0.3) is 5.91 Å². The Bertz CT molecular complexity index is 1050. The van der Waals surface area contributed by atoms with Gasteiger partial charge in [0.05, 0.1) is 16.5 Å².